The minimum atomic E-state index is -4.73. The molecule has 0 aliphatic heterocycles. The Hall–Kier alpha value is -3.40. The van der Waals surface area contributed by atoms with E-state index in [9.17, 15) is 18.0 Å². The largest absolute Gasteiger partial charge is 0.573 e. The van der Waals surface area contributed by atoms with Gasteiger partial charge in [-0.3, -0.25) is 9.79 Å². The number of ether oxygens (including phenoxy) is 2. The minimum absolute atomic E-state index is 0.0274. The molecule has 2 N–H and O–H groups in total. The second kappa shape index (κ2) is 14.1. The molecule has 190 valence electrons. The molecular weight excluding hydrogens is 461 g/mol. The molecule has 0 spiro atoms. The molecular formula is C25H31F3N4O3. The van der Waals surface area contributed by atoms with Crippen LogP contribution in [-0.4, -0.2) is 44.7 Å². The van der Waals surface area contributed by atoms with E-state index in [0.29, 0.717) is 36.8 Å². The van der Waals surface area contributed by atoms with Crippen LogP contribution in [0.15, 0.2) is 70.0 Å². The number of alkyl halides is 3. The molecule has 1 aliphatic carbocycles. The monoisotopic (exact) mass is 492 g/mol. The average Bonchev–Trinajstić information content (AvgIpc) is 3.02. The average molecular weight is 493 g/mol. The molecule has 0 saturated carbocycles. The van der Waals surface area contributed by atoms with E-state index in [1.54, 1.807) is 25.3 Å². The second-order valence-corrected chi connectivity index (χ2v) is 7.93. The fourth-order valence-corrected chi connectivity index (χ4v) is 2.92. The summed E-state index contributed by atoms with van der Waals surface area (Å²) in [4.78, 5) is 20.8. The molecule has 10 heteroatoms. The van der Waals surface area contributed by atoms with E-state index in [2.05, 4.69) is 25.4 Å². The lowest BCUT2D eigenvalue weighted by atomic mass is 10.1. The standard InChI is InChI=1S/C25H31F3N4O3/c1-18(2)23(32-21-6-4-7-22(13-12-21)35-25(26,27)28)31-17-29-16-19-8-10-20(11-9-19)24(33)30-14-5-15-34-3/h6-13,17-18H,4-5,14-16H2,1-3H3,(H,30,33)(H,29,31,32). The molecule has 0 unspecified atom stereocenters. The quantitative estimate of drug-likeness (QED) is 0.262. The molecule has 2 rings (SSSR count). The summed E-state index contributed by atoms with van der Waals surface area (Å²) in [6.07, 6.45) is 3.60. The van der Waals surface area contributed by atoms with Gasteiger partial charge >= 0.3 is 6.36 Å². The van der Waals surface area contributed by atoms with Gasteiger partial charge in [-0.1, -0.05) is 32.1 Å². The third kappa shape index (κ3) is 11.0. The van der Waals surface area contributed by atoms with Crippen molar-refractivity contribution in [1.29, 1.82) is 0 Å². The van der Waals surface area contributed by atoms with Gasteiger partial charge in [0.05, 0.1) is 6.54 Å². The second-order valence-electron chi connectivity index (χ2n) is 7.93. The number of benzene rings is 1. The summed E-state index contributed by atoms with van der Waals surface area (Å²) in [6, 6.07) is 7.16. The fourth-order valence-electron chi connectivity index (χ4n) is 2.92. The van der Waals surface area contributed by atoms with Gasteiger partial charge < -0.3 is 20.1 Å². The van der Waals surface area contributed by atoms with Crippen molar-refractivity contribution >= 4 is 18.1 Å². The predicted molar refractivity (Wildman–Crippen MR) is 130 cm³/mol. The zero-order valence-electron chi connectivity index (χ0n) is 20.1. The van der Waals surface area contributed by atoms with Crippen molar-refractivity contribution in [3.05, 3.63) is 71.2 Å². The van der Waals surface area contributed by atoms with Gasteiger partial charge in [0.2, 0.25) is 0 Å². The first-order chi connectivity index (χ1) is 16.7. The van der Waals surface area contributed by atoms with Crippen LogP contribution < -0.4 is 10.6 Å². The molecule has 0 aromatic heterocycles. The predicted octanol–water partition coefficient (Wildman–Crippen LogP) is 4.89. The molecule has 0 heterocycles. The lowest BCUT2D eigenvalue weighted by Crippen LogP contribution is -2.27. The number of carbonyl (C=O) groups is 1. The molecule has 0 bridgehead atoms. The number of amidine groups is 1. The van der Waals surface area contributed by atoms with Crippen molar-refractivity contribution in [3.63, 3.8) is 0 Å². The zero-order chi connectivity index (χ0) is 25.7. The van der Waals surface area contributed by atoms with Crippen molar-refractivity contribution in [2.45, 2.75) is 39.6 Å². The molecule has 35 heavy (non-hydrogen) atoms. The van der Waals surface area contributed by atoms with Crippen molar-refractivity contribution in [2.75, 3.05) is 20.3 Å². The number of aliphatic imine (C=N–C) groups is 2. The molecule has 0 radical (unpaired) electrons. The van der Waals surface area contributed by atoms with Crippen molar-refractivity contribution in [1.82, 2.24) is 10.6 Å². The van der Waals surface area contributed by atoms with Crippen LogP contribution in [0.3, 0.4) is 0 Å². The van der Waals surface area contributed by atoms with Crippen LogP contribution in [0, 0.1) is 5.92 Å². The summed E-state index contributed by atoms with van der Waals surface area (Å²) in [5.74, 6) is 0.247. The van der Waals surface area contributed by atoms with Crippen LogP contribution >= 0.6 is 0 Å². The van der Waals surface area contributed by atoms with Gasteiger partial charge in [0.25, 0.3) is 5.91 Å². The first kappa shape index (κ1) is 27.8. The Morgan fingerprint density at radius 1 is 1.17 bits per heavy atom. The Morgan fingerprint density at radius 2 is 1.91 bits per heavy atom. The lowest BCUT2D eigenvalue weighted by molar-refractivity contribution is -0.303. The Balaban J connectivity index is 1.90. The first-order valence-corrected chi connectivity index (χ1v) is 11.2. The molecule has 7 nitrogen and oxygen atoms in total. The number of carbonyl (C=O) groups excluding carboxylic acids is 1. The summed E-state index contributed by atoms with van der Waals surface area (Å²) >= 11 is 0. The maximum Gasteiger partial charge on any atom is 0.573 e. The van der Waals surface area contributed by atoms with Gasteiger partial charge in [-0.05, 0) is 48.8 Å². The van der Waals surface area contributed by atoms with Gasteiger partial charge in [-0.2, -0.15) is 0 Å². The Kier molecular flexibility index (Phi) is 11.2. The molecule has 1 aromatic carbocycles. The molecule has 0 fully saturated rings. The van der Waals surface area contributed by atoms with Crippen molar-refractivity contribution in [2.24, 2.45) is 15.9 Å². The molecule has 0 atom stereocenters. The van der Waals surface area contributed by atoms with Gasteiger partial charge in [0.15, 0.2) is 0 Å². The smallest absolute Gasteiger partial charge is 0.406 e. The van der Waals surface area contributed by atoms with Crippen molar-refractivity contribution < 1.29 is 27.4 Å². The summed E-state index contributed by atoms with van der Waals surface area (Å²) < 4.78 is 46.2. The Morgan fingerprint density at radius 3 is 2.57 bits per heavy atom. The third-order valence-electron chi connectivity index (χ3n) is 4.72. The highest BCUT2D eigenvalue weighted by molar-refractivity contribution is 5.94. The maximum atomic E-state index is 12.4. The van der Waals surface area contributed by atoms with E-state index in [1.165, 1.54) is 24.6 Å². The van der Waals surface area contributed by atoms with Gasteiger partial charge in [-0.15, -0.1) is 13.2 Å². The van der Waals surface area contributed by atoms with E-state index in [-0.39, 0.29) is 24.0 Å². The van der Waals surface area contributed by atoms with E-state index < -0.39 is 6.36 Å². The summed E-state index contributed by atoms with van der Waals surface area (Å²) in [6.45, 7) is 5.41. The number of hydrogen-bond donors (Lipinski definition) is 2. The van der Waals surface area contributed by atoms with Crippen LogP contribution in [-0.2, 0) is 16.0 Å². The molecule has 0 saturated heterocycles. The van der Waals surface area contributed by atoms with E-state index in [4.69, 9.17) is 4.74 Å². The fraction of sp³-hybridized carbons (Fsp3) is 0.400. The van der Waals surface area contributed by atoms with Crippen LogP contribution in [0.5, 0.6) is 0 Å². The van der Waals surface area contributed by atoms with E-state index in [1.807, 2.05) is 26.0 Å². The summed E-state index contributed by atoms with van der Waals surface area (Å²) in [7, 11) is 1.62. The summed E-state index contributed by atoms with van der Waals surface area (Å²) in [5, 5.41) is 5.97. The number of nitrogens with one attached hydrogen (secondary N) is 2. The SMILES string of the molecule is COCCCNC(=O)c1ccc(CN=CN=C(NC2=CCC=C(OC(F)(F)F)C=C2)C(C)C)cc1. The van der Waals surface area contributed by atoms with Gasteiger partial charge in [-0.25, -0.2) is 4.99 Å². The highest BCUT2D eigenvalue weighted by atomic mass is 19.4. The number of hydrogen-bond acceptors (Lipinski definition) is 4. The maximum absolute atomic E-state index is 12.4. The lowest BCUT2D eigenvalue weighted by Gasteiger charge is -2.13. The van der Waals surface area contributed by atoms with Crippen LogP contribution in [0.4, 0.5) is 13.2 Å². The van der Waals surface area contributed by atoms with E-state index >= 15 is 0 Å². The number of halogens is 3. The Bertz CT molecular complexity index is 979. The Labute approximate surface area is 203 Å². The van der Waals surface area contributed by atoms with E-state index in [0.717, 1.165) is 12.0 Å². The number of methoxy groups -OCH3 is 1. The van der Waals surface area contributed by atoms with Crippen LogP contribution in [0.25, 0.3) is 0 Å². The topological polar surface area (TPSA) is 84.3 Å². The van der Waals surface area contributed by atoms with Crippen LogP contribution in [0.2, 0.25) is 0 Å². The minimum Gasteiger partial charge on any atom is -0.406 e. The normalized spacial score (nSPS) is 14.5. The zero-order valence-corrected chi connectivity index (χ0v) is 20.1. The molecule has 1 amide bonds. The van der Waals surface area contributed by atoms with Crippen LogP contribution in [0.1, 0.15) is 42.6 Å². The van der Waals surface area contributed by atoms with Gasteiger partial charge in [0.1, 0.15) is 17.9 Å². The first-order valence-electron chi connectivity index (χ1n) is 11.2. The number of allylic oxidation sites excluding steroid dienone is 4. The third-order valence-corrected chi connectivity index (χ3v) is 4.72. The number of rotatable bonds is 11. The summed E-state index contributed by atoms with van der Waals surface area (Å²) in [5.41, 5.74) is 2.10. The van der Waals surface area contributed by atoms with Crippen molar-refractivity contribution in [3.8, 4) is 0 Å². The highest BCUT2D eigenvalue weighted by Gasteiger charge is 2.31. The number of amides is 1. The highest BCUT2D eigenvalue weighted by Crippen LogP contribution is 2.23. The molecule has 1 aromatic rings. The molecule has 1 aliphatic rings. The number of nitrogens with zero attached hydrogens (tertiary/aromatic N) is 2. The van der Waals surface area contributed by atoms with Gasteiger partial charge in [0, 0.05) is 37.4 Å².